The average Bonchev–Trinajstić information content (AvgIpc) is 3.22. The molecule has 2 N–H and O–H groups in total. The Labute approximate surface area is 176 Å². The quantitative estimate of drug-likeness (QED) is 0.458. The van der Waals surface area contributed by atoms with E-state index in [0.717, 1.165) is 0 Å². The van der Waals surface area contributed by atoms with Gasteiger partial charge in [-0.1, -0.05) is 17.2 Å². The molecule has 158 valence electrons. The van der Waals surface area contributed by atoms with Crippen LogP contribution in [0.5, 0.6) is 5.75 Å². The normalized spacial score (nSPS) is 15.1. The van der Waals surface area contributed by atoms with Crippen molar-refractivity contribution in [2.75, 3.05) is 17.2 Å². The topological polar surface area (TPSA) is 137 Å². The third-order valence-electron chi connectivity index (χ3n) is 4.81. The van der Waals surface area contributed by atoms with E-state index < -0.39 is 11.0 Å². The second kappa shape index (κ2) is 8.22. The molecule has 0 radical (unpaired) electrons. The molecule has 11 heteroatoms. The lowest BCUT2D eigenvalue weighted by atomic mass is 9.95. The van der Waals surface area contributed by atoms with Crippen molar-refractivity contribution < 1.29 is 14.5 Å². The summed E-state index contributed by atoms with van der Waals surface area (Å²) in [6.45, 7) is 4.07. The summed E-state index contributed by atoms with van der Waals surface area (Å²) in [4.78, 5) is 23.9. The van der Waals surface area contributed by atoms with Gasteiger partial charge in [0.2, 0.25) is 5.95 Å². The third-order valence-corrected chi connectivity index (χ3v) is 4.81. The lowest BCUT2D eigenvalue weighted by Gasteiger charge is -2.28. The Kier molecular flexibility index (Phi) is 5.31. The van der Waals surface area contributed by atoms with Crippen LogP contribution in [0.2, 0.25) is 0 Å². The van der Waals surface area contributed by atoms with E-state index in [4.69, 9.17) is 4.74 Å². The highest BCUT2D eigenvalue weighted by Gasteiger charge is 2.34. The summed E-state index contributed by atoms with van der Waals surface area (Å²) in [5.41, 5.74) is 2.05. The standard InChI is InChI=1S/C20H19N7O4/c1-3-31-16-7-5-4-6-15(16)22-19(28)17-12(2)21-20-23-24-25-26(20)18(17)13-8-10-14(11-9-13)27(29)30/h4-11,18H,3H2,1-2H3,(H,22,28)(H,21,23,25). The molecule has 4 rings (SSSR count). The summed E-state index contributed by atoms with van der Waals surface area (Å²) >= 11 is 0. The maximum Gasteiger partial charge on any atom is 0.269 e. The molecule has 0 saturated carbocycles. The number of tetrazole rings is 1. The minimum absolute atomic E-state index is 0.0491. The number of rotatable bonds is 6. The van der Waals surface area contributed by atoms with Crippen LogP contribution in [0.15, 0.2) is 59.8 Å². The van der Waals surface area contributed by atoms with Gasteiger partial charge >= 0.3 is 0 Å². The van der Waals surface area contributed by atoms with Crippen LogP contribution in [-0.2, 0) is 4.79 Å². The number of carbonyl (C=O) groups excluding carboxylic acids is 1. The van der Waals surface area contributed by atoms with Crippen molar-refractivity contribution in [2.24, 2.45) is 0 Å². The zero-order chi connectivity index (χ0) is 22.0. The van der Waals surface area contributed by atoms with Crippen LogP contribution in [0.25, 0.3) is 0 Å². The van der Waals surface area contributed by atoms with Gasteiger partial charge in [-0.25, -0.2) is 0 Å². The molecule has 1 unspecified atom stereocenters. The van der Waals surface area contributed by atoms with Gasteiger partial charge in [-0.2, -0.15) is 4.68 Å². The van der Waals surface area contributed by atoms with E-state index in [-0.39, 0.29) is 11.6 Å². The number of nitro groups is 1. The van der Waals surface area contributed by atoms with Gasteiger partial charge in [0.1, 0.15) is 11.8 Å². The number of non-ortho nitro benzene ring substituents is 1. The fraction of sp³-hybridized carbons (Fsp3) is 0.200. The lowest BCUT2D eigenvalue weighted by molar-refractivity contribution is -0.384. The molecular weight excluding hydrogens is 402 g/mol. The second-order valence-electron chi connectivity index (χ2n) is 6.75. The first-order valence-corrected chi connectivity index (χ1v) is 9.52. The number of nitrogens with one attached hydrogen (secondary N) is 2. The van der Waals surface area contributed by atoms with Crippen LogP contribution < -0.4 is 15.4 Å². The van der Waals surface area contributed by atoms with Gasteiger partial charge < -0.3 is 15.4 Å². The number of nitrogens with zero attached hydrogens (tertiary/aromatic N) is 5. The summed E-state index contributed by atoms with van der Waals surface area (Å²) in [6.07, 6.45) is 0. The van der Waals surface area contributed by atoms with Gasteiger partial charge in [-0.3, -0.25) is 14.9 Å². The van der Waals surface area contributed by atoms with Crippen molar-refractivity contribution in [2.45, 2.75) is 19.9 Å². The number of amides is 1. The molecule has 11 nitrogen and oxygen atoms in total. The summed E-state index contributed by atoms with van der Waals surface area (Å²) in [7, 11) is 0. The van der Waals surface area contributed by atoms with Gasteiger partial charge in [0.25, 0.3) is 11.6 Å². The molecule has 2 heterocycles. The van der Waals surface area contributed by atoms with E-state index in [1.165, 1.54) is 16.8 Å². The Hall–Kier alpha value is -4.28. The minimum Gasteiger partial charge on any atom is -0.492 e. The Morgan fingerprint density at radius 2 is 2.00 bits per heavy atom. The van der Waals surface area contributed by atoms with E-state index in [9.17, 15) is 14.9 Å². The van der Waals surface area contributed by atoms with Crippen molar-refractivity contribution in [3.05, 3.63) is 75.5 Å². The molecule has 3 aromatic rings. The number of nitro benzene ring substituents is 1. The van der Waals surface area contributed by atoms with Gasteiger partial charge in [0.15, 0.2) is 0 Å². The van der Waals surface area contributed by atoms with Crippen LogP contribution in [0.3, 0.4) is 0 Å². The minimum atomic E-state index is -0.675. The van der Waals surface area contributed by atoms with Crippen LogP contribution in [-0.4, -0.2) is 37.6 Å². The van der Waals surface area contributed by atoms with E-state index in [1.54, 1.807) is 37.3 Å². The van der Waals surface area contributed by atoms with Crippen molar-refractivity contribution in [3.8, 4) is 5.75 Å². The SMILES string of the molecule is CCOc1ccccc1NC(=O)C1=C(C)Nc2nnnn2C1c1ccc([N+](=O)[O-])cc1. The molecule has 1 aromatic heterocycles. The number of fused-ring (bicyclic) bond motifs is 1. The van der Waals surface area contributed by atoms with Crippen molar-refractivity contribution in [3.63, 3.8) is 0 Å². The molecule has 1 aliphatic rings. The number of hydrogen-bond donors (Lipinski definition) is 2. The van der Waals surface area contributed by atoms with Crippen molar-refractivity contribution in [1.82, 2.24) is 20.2 Å². The number of para-hydroxylation sites is 2. The highest BCUT2D eigenvalue weighted by atomic mass is 16.6. The lowest BCUT2D eigenvalue weighted by Crippen LogP contribution is -2.31. The average molecular weight is 421 g/mol. The summed E-state index contributed by atoms with van der Waals surface area (Å²) in [5.74, 6) is 0.546. The largest absolute Gasteiger partial charge is 0.492 e. The Bertz CT molecular complexity index is 1170. The fourth-order valence-electron chi connectivity index (χ4n) is 3.43. The highest BCUT2D eigenvalue weighted by molar-refractivity contribution is 6.06. The molecule has 0 fully saturated rings. The molecule has 0 aliphatic carbocycles. The summed E-state index contributed by atoms with van der Waals surface area (Å²) in [5, 5.41) is 28.6. The van der Waals surface area contributed by atoms with E-state index >= 15 is 0 Å². The van der Waals surface area contributed by atoms with Crippen LogP contribution in [0, 0.1) is 10.1 Å². The van der Waals surface area contributed by atoms with Gasteiger partial charge in [0.05, 0.1) is 22.8 Å². The first-order valence-electron chi connectivity index (χ1n) is 9.52. The Morgan fingerprint density at radius 3 is 2.71 bits per heavy atom. The molecule has 1 atom stereocenters. The van der Waals surface area contributed by atoms with Gasteiger partial charge in [-0.15, -0.1) is 0 Å². The maximum atomic E-state index is 13.4. The van der Waals surface area contributed by atoms with E-state index in [1.807, 2.05) is 13.0 Å². The zero-order valence-electron chi connectivity index (χ0n) is 16.8. The second-order valence-corrected chi connectivity index (χ2v) is 6.75. The first kappa shape index (κ1) is 20.0. The molecule has 1 aliphatic heterocycles. The molecular formula is C20H19N7O4. The van der Waals surface area contributed by atoms with E-state index in [0.29, 0.717) is 40.8 Å². The predicted molar refractivity (Wildman–Crippen MR) is 112 cm³/mol. The fourth-order valence-corrected chi connectivity index (χ4v) is 3.43. The number of carbonyl (C=O) groups is 1. The predicted octanol–water partition coefficient (Wildman–Crippen LogP) is 2.91. The Morgan fingerprint density at radius 1 is 1.26 bits per heavy atom. The number of aromatic nitrogens is 4. The zero-order valence-corrected chi connectivity index (χ0v) is 16.8. The van der Waals surface area contributed by atoms with Crippen LogP contribution in [0.4, 0.5) is 17.3 Å². The number of anilines is 2. The Balaban J connectivity index is 1.74. The third kappa shape index (κ3) is 3.80. The smallest absolute Gasteiger partial charge is 0.269 e. The maximum absolute atomic E-state index is 13.4. The molecule has 31 heavy (non-hydrogen) atoms. The first-order chi connectivity index (χ1) is 15.0. The highest BCUT2D eigenvalue weighted by Crippen LogP contribution is 2.36. The monoisotopic (exact) mass is 421 g/mol. The summed E-state index contributed by atoms with van der Waals surface area (Å²) in [6, 6.07) is 12.4. The van der Waals surface area contributed by atoms with Gasteiger partial charge in [0, 0.05) is 17.8 Å². The van der Waals surface area contributed by atoms with Crippen LogP contribution in [0.1, 0.15) is 25.5 Å². The number of hydrogen-bond acceptors (Lipinski definition) is 8. The van der Waals surface area contributed by atoms with Gasteiger partial charge in [-0.05, 0) is 54.1 Å². The molecule has 0 spiro atoms. The molecule has 0 saturated heterocycles. The number of allylic oxidation sites excluding steroid dienone is 1. The molecule has 0 bridgehead atoms. The molecule has 2 aromatic carbocycles. The van der Waals surface area contributed by atoms with E-state index in [2.05, 4.69) is 26.2 Å². The number of ether oxygens (including phenoxy) is 1. The molecule has 1 amide bonds. The number of benzene rings is 2. The van der Waals surface area contributed by atoms with Crippen LogP contribution >= 0.6 is 0 Å². The van der Waals surface area contributed by atoms with Crippen molar-refractivity contribution in [1.29, 1.82) is 0 Å². The van der Waals surface area contributed by atoms with Crippen molar-refractivity contribution >= 4 is 23.2 Å². The summed E-state index contributed by atoms with van der Waals surface area (Å²) < 4.78 is 7.06.